The number of nitriles is 1. The van der Waals surface area contributed by atoms with Crippen molar-refractivity contribution in [3.8, 4) is 17.6 Å². The van der Waals surface area contributed by atoms with Crippen LogP contribution in [0.4, 0.5) is 5.00 Å². The average molecular weight is 412 g/mol. The van der Waals surface area contributed by atoms with E-state index in [0.717, 1.165) is 36.1 Å². The van der Waals surface area contributed by atoms with Gasteiger partial charge < -0.3 is 15.2 Å². The maximum atomic E-state index is 12.2. The van der Waals surface area contributed by atoms with E-state index in [-0.39, 0.29) is 5.75 Å². The first-order valence-electron chi connectivity index (χ1n) is 9.18. The molecule has 9 heteroatoms. The van der Waals surface area contributed by atoms with Crippen LogP contribution in [0.5, 0.6) is 11.5 Å². The minimum Gasteiger partial charge on any atom is -0.504 e. The van der Waals surface area contributed by atoms with Gasteiger partial charge in [-0.1, -0.05) is 0 Å². The monoisotopic (exact) mass is 412 g/mol. The molecule has 2 aromatic rings. The Morgan fingerprint density at radius 3 is 2.90 bits per heavy atom. The summed E-state index contributed by atoms with van der Waals surface area (Å²) in [5, 5.41) is 25.8. The number of benzene rings is 1. The van der Waals surface area contributed by atoms with Crippen molar-refractivity contribution >= 4 is 34.4 Å². The molecule has 1 aromatic carbocycles. The molecule has 0 fully saturated rings. The van der Waals surface area contributed by atoms with Crippen molar-refractivity contribution in [3.05, 3.63) is 39.8 Å². The van der Waals surface area contributed by atoms with Crippen LogP contribution >= 0.6 is 11.3 Å². The van der Waals surface area contributed by atoms with E-state index in [1.165, 1.54) is 23.6 Å². The summed E-state index contributed by atoms with van der Waals surface area (Å²) in [6.07, 6.45) is 5.11. The van der Waals surface area contributed by atoms with E-state index in [1.54, 1.807) is 19.1 Å². The number of aromatic hydroxyl groups is 1. The Bertz CT molecular complexity index is 1010. The van der Waals surface area contributed by atoms with E-state index in [9.17, 15) is 20.0 Å². The normalized spacial score (nSPS) is 12.8. The van der Waals surface area contributed by atoms with E-state index in [2.05, 4.69) is 21.9 Å². The highest BCUT2D eigenvalue weighted by molar-refractivity contribution is 7.16. The summed E-state index contributed by atoms with van der Waals surface area (Å²) in [6, 6.07) is 6.73. The fourth-order valence-electron chi connectivity index (χ4n) is 3.03. The van der Waals surface area contributed by atoms with E-state index < -0.39 is 11.8 Å². The molecule has 3 rings (SSSR count). The molecule has 1 aliphatic rings. The lowest BCUT2D eigenvalue weighted by atomic mass is 9.96. The lowest BCUT2D eigenvalue weighted by Gasteiger charge is -2.09. The Hall–Kier alpha value is -3.38. The van der Waals surface area contributed by atoms with Gasteiger partial charge in [0.15, 0.2) is 11.5 Å². The number of carbonyl (C=O) groups is 2. The first-order valence-corrected chi connectivity index (χ1v) is 10.00. The van der Waals surface area contributed by atoms with E-state index in [4.69, 9.17) is 4.74 Å². The number of rotatable bonds is 5. The average Bonchev–Trinajstić information content (AvgIpc) is 3.07. The van der Waals surface area contributed by atoms with Gasteiger partial charge in [0.2, 0.25) is 0 Å². The Labute approximate surface area is 171 Å². The van der Waals surface area contributed by atoms with Crippen LogP contribution in [-0.2, 0) is 22.4 Å². The van der Waals surface area contributed by atoms with E-state index in [0.29, 0.717) is 28.5 Å². The van der Waals surface area contributed by atoms with Gasteiger partial charge in [-0.25, -0.2) is 5.43 Å². The third-order valence-corrected chi connectivity index (χ3v) is 5.59. The highest BCUT2D eigenvalue weighted by Gasteiger charge is 2.23. The number of phenolic OH excluding ortho intramolecular Hbond substituents is 1. The topological polar surface area (TPSA) is 124 Å². The zero-order chi connectivity index (χ0) is 20.8. The molecule has 1 heterocycles. The Morgan fingerprint density at radius 1 is 1.34 bits per heavy atom. The zero-order valence-electron chi connectivity index (χ0n) is 15.8. The standard InChI is InChI=1S/C20H20N4O4S/c1-2-28-16-9-12(7-8-15(16)25)11-22-24-19(27)18(26)23-20-14(10-21)13-5-3-4-6-17(13)29-20/h7-9,11,25H,2-6H2,1H3,(H,23,26)(H,24,27)/b22-11-. The number of nitrogens with one attached hydrogen (secondary N) is 2. The molecular formula is C20H20N4O4S. The highest BCUT2D eigenvalue weighted by Crippen LogP contribution is 2.37. The molecular weight excluding hydrogens is 392 g/mol. The van der Waals surface area contributed by atoms with Gasteiger partial charge in [0.05, 0.1) is 18.4 Å². The number of hydrogen-bond donors (Lipinski definition) is 3. The molecule has 29 heavy (non-hydrogen) atoms. The summed E-state index contributed by atoms with van der Waals surface area (Å²) in [5.74, 6) is -1.54. The van der Waals surface area contributed by atoms with Gasteiger partial charge in [0.25, 0.3) is 0 Å². The zero-order valence-corrected chi connectivity index (χ0v) is 16.6. The number of nitrogens with zero attached hydrogens (tertiary/aromatic N) is 2. The molecule has 0 saturated heterocycles. The van der Waals surface area contributed by atoms with E-state index in [1.807, 2.05) is 0 Å². The molecule has 8 nitrogen and oxygen atoms in total. The van der Waals surface area contributed by atoms with Crippen LogP contribution in [0.1, 0.15) is 41.3 Å². The molecule has 0 aliphatic heterocycles. The van der Waals surface area contributed by atoms with Gasteiger partial charge in [0, 0.05) is 4.88 Å². The van der Waals surface area contributed by atoms with Crippen molar-refractivity contribution in [3.63, 3.8) is 0 Å². The minimum absolute atomic E-state index is 0.000597. The van der Waals surface area contributed by atoms with Crippen LogP contribution in [0.2, 0.25) is 0 Å². The highest BCUT2D eigenvalue weighted by atomic mass is 32.1. The molecule has 0 saturated carbocycles. The Morgan fingerprint density at radius 2 is 2.14 bits per heavy atom. The maximum Gasteiger partial charge on any atom is 0.329 e. The molecule has 0 bridgehead atoms. The molecule has 3 N–H and O–H groups in total. The molecule has 0 spiro atoms. The quantitative estimate of drug-likeness (QED) is 0.396. The van der Waals surface area contributed by atoms with Crippen molar-refractivity contribution in [2.24, 2.45) is 5.10 Å². The first-order chi connectivity index (χ1) is 14.0. The van der Waals surface area contributed by atoms with Crippen LogP contribution < -0.4 is 15.5 Å². The molecule has 150 valence electrons. The van der Waals surface area contributed by atoms with Crippen LogP contribution in [0.15, 0.2) is 23.3 Å². The summed E-state index contributed by atoms with van der Waals surface area (Å²) >= 11 is 1.35. The van der Waals surface area contributed by atoms with Crippen molar-refractivity contribution in [2.75, 3.05) is 11.9 Å². The summed E-state index contributed by atoms with van der Waals surface area (Å²) in [4.78, 5) is 25.3. The number of amides is 2. The van der Waals surface area contributed by atoms with Gasteiger partial charge >= 0.3 is 11.8 Å². The molecule has 2 amide bonds. The van der Waals surface area contributed by atoms with Crippen molar-refractivity contribution in [2.45, 2.75) is 32.6 Å². The smallest absolute Gasteiger partial charge is 0.329 e. The summed E-state index contributed by atoms with van der Waals surface area (Å²) in [6.45, 7) is 2.18. The van der Waals surface area contributed by atoms with Crippen LogP contribution in [0, 0.1) is 11.3 Å². The fraction of sp³-hybridized carbons (Fsp3) is 0.300. The number of phenols is 1. The minimum atomic E-state index is -0.944. The summed E-state index contributed by atoms with van der Waals surface area (Å²) in [5.41, 5.74) is 4.15. The number of thiophene rings is 1. The van der Waals surface area contributed by atoms with Gasteiger partial charge in [0.1, 0.15) is 11.1 Å². The van der Waals surface area contributed by atoms with Crippen molar-refractivity contribution in [1.82, 2.24) is 5.43 Å². The number of anilines is 1. The maximum absolute atomic E-state index is 12.2. The molecule has 1 aromatic heterocycles. The second-order valence-electron chi connectivity index (χ2n) is 6.34. The van der Waals surface area contributed by atoms with Crippen molar-refractivity contribution < 1.29 is 19.4 Å². The first kappa shape index (κ1) is 20.4. The molecule has 0 unspecified atom stereocenters. The largest absolute Gasteiger partial charge is 0.504 e. The Balaban J connectivity index is 1.62. The predicted octanol–water partition coefficient (Wildman–Crippen LogP) is 2.69. The van der Waals surface area contributed by atoms with Crippen molar-refractivity contribution in [1.29, 1.82) is 5.26 Å². The van der Waals surface area contributed by atoms with Crippen LogP contribution in [0.3, 0.4) is 0 Å². The molecule has 1 aliphatic carbocycles. The van der Waals surface area contributed by atoms with Gasteiger partial charge in [-0.2, -0.15) is 10.4 Å². The van der Waals surface area contributed by atoms with Gasteiger partial charge in [-0.3, -0.25) is 9.59 Å². The number of aryl methyl sites for hydroxylation is 1. The number of fused-ring (bicyclic) bond motifs is 1. The van der Waals surface area contributed by atoms with E-state index >= 15 is 0 Å². The third kappa shape index (κ3) is 4.73. The lowest BCUT2D eigenvalue weighted by molar-refractivity contribution is -0.136. The summed E-state index contributed by atoms with van der Waals surface area (Å²) in [7, 11) is 0. The Kier molecular flexibility index (Phi) is 6.46. The number of hydrogen-bond acceptors (Lipinski definition) is 7. The summed E-state index contributed by atoms with van der Waals surface area (Å²) < 4.78 is 5.28. The second kappa shape index (κ2) is 9.21. The SMILES string of the molecule is CCOc1cc(/C=N\NC(=O)C(=O)Nc2sc3c(c2C#N)CCCC3)ccc1O. The van der Waals surface area contributed by atoms with Crippen LogP contribution in [0.25, 0.3) is 0 Å². The predicted molar refractivity (Wildman–Crippen MR) is 109 cm³/mol. The van der Waals surface area contributed by atoms with Gasteiger partial charge in [-0.05, 0) is 61.9 Å². The number of hydrazone groups is 1. The number of ether oxygens (including phenoxy) is 1. The van der Waals surface area contributed by atoms with Gasteiger partial charge in [-0.15, -0.1) is 11.3 Å². The second-order valence-corrected chi connectivity index (χ2v) is 7.45. The molecule has 0 atom stereocenters. The lowest BCUT2D eigenvalue weighted by Crippen LogP contribution is -2.32. The fourth-order valence-corrected chi connectivity index (χ4v) is 4.27. The third-order valence-electron chi connectivity index (χ3n) is 4.38. The molecule has 0 radical (unpaired) electrons. The number of carbonyl (C=O) groups excluding carboxylic acids is 2. The van der Waals surface area contributed by atoms with Crippen LogP contribution in [-0.4, -0.2) is 29.7 Å².